The molecule has 0 aromatic heterocycles. The summed E-state index contributed by atoms with van der Waals surface area (Å²) in [6.45, 7) is 6.72. The first-order valence-corrected chi connectivity index (χ1v) is 6.79. The molecule has 0 radical (unpaired) electrons. The first kappa shape index (κ1) is 16.0. The summed E-state index contributed by atoms with van der Waals surface area (Å²) in [5.74, 6) is 1.35. The van der Waals surface area contributed by atoms with Crippen LogP contribution in [0.15, 0.2) is 24.3 Å². The molecule has 0 aliphatic rings. The Bertz CT molecular complexity index is 369. The summed E-state index contributed by atoms with van der Waals surface area (Å²) in [5, 5.41) is 9.93. The van der Waals surface area contributed by atoms with E-state index in [-0.39, 0.29) is 0 Å². The lowest BCUT2D eigenvalue weighted by atomic mass is 10.2. The molecule has 0 amide bonds. The fraction of sp³-hybridized carbons (Fsp3) is 0.600. The number of aliphatic hydroxyl groups is 1. The molecule has 4 nitrogen and oxygen atoms in total. The molecule has 1 aromatic rings. The molecule has 19 heavy (non-hydrogen) atoms. The molecular formula is C15H26N2O2. The number of nitrogens with two attached hydrogens (primary N) is 1. The zero-order valence-electron chi connectivity index (χ0n) is 12.2. The maximum Gasteiger partial charge on any atom is 0.119 e. The van der Waals surface area contributed by atoms with Gasteiger partial charge in [0.2, 0.25) is 0 Å². The van der Waals surface area contributed by atoms with Gasteiger partial charge in [0.25, 0.3) is 0 Å². The molecule has 4 heteroatoms. The van der Waals surface area contributed by atoms with Gasteiger partial charge in [0.05, 0.1) is 0 Å². The van der Waals surface area contributed by atoms with Crippen LogP contribution >= 0.6 is 0 Å². The van der Waals surface area contributed by atoms with Crippen molar-refractivity contribution in [3.63, 3.8) is 0 Å². The lowest BCUT2D eigenvalue weighted by Crippen LogP contribution is -2.35. The molecule has 0 bridgehead atoms. The molecule has 1 aromatic carbocycles. The second kappa shape index (κ2) is 8.15. The average Bonchev–Trinajstić information content (AvgIpc) is 2.35. The molecule has 0 saturated carbocycles. The number of rotatable bonds is 8. The van der Waals surface area contributed by atoms with Crippen LogP contribution in [0.4, 0.5) is 0 Å². The van der Waals surface area contributed by atoms with Gasteiger partial charge in [0.15, 0.2) is 0 Å². The highest BCUT2D eigenvalue weighted by Crippen LogP contribution is 2.13. The number of hydrogen-bond donors (Lipinski definition) is 2. The third-order valence-corrected chi connectivity index (χ3v) is 2.78. The van der Waals surface area contributed by atoms with Gasteiger partial charge in [-0.2, -0.15) is 0 Å². The van der Waals surface area contributed by atoms with E-state index in [1.165, 1.54) is 0 Å². The Morgan fingerprint density at radius 3 is 2.68 bits per heavy atom. The first-order chi connectivity index (χ1) is 9.01. The van der Waals surface area contributed by atoms with Gasteiger partial charge < -0.3 is 20.5 Å². The molecular weight excluding hydrogens is 240 g/mol. The molecule has 1 rings (SSSR count). The van der Waals surface area contributed by atoms with Crippen molar-refractivity contribution >= 4 is 0 Å². The molecule has 0 aliphatic carbocycles. The van der Waals surface area contributed by atoms with Crippen LogP contribution in [0.2, 0.25) is 0 Å². The van der Waals surface area contributed by atoms with Crippen LogP contribution in [-0.4, -0.2) is 42.9 Å². The summed E-state index contributed by atoms with van der Waals surface area (Å²) in [5.41, 5.74) is 6.61. The Hall–Kier alpha value is -1.10. The third-order valence-electron chi connectivity index (χ3n) is 2.78. The third kappa shape index (κ3) is 6.57. The Labute approximate surface area is 116 Å². The van der Waals surface area contributed by atoms with E-state index >= 15 is 0 Å². The molecule has 108 valence electrons. The van der Waals surface area contributed by atoms with Gasteiger partial charge in [-0.15, -0.1) is 0 Å². The second-order valence-corrected chi connectivity index (χ2v) is 5.43. The van der Waals surface area contributed by atoms with Crippen molar-refractivity contribution in [2.24, 2.45) is 11.7 Å². The minimum absolute atomic E-state index is 0.302. The summed E-state index contributed by atoms with van der Waals surface area (Å²) in [4.78, 5) is 2.12. The molecule has 0 fully saturated rings. The van der Waals surface area contributed by atoms with E-state index in [2.05, 4.69) is 18.7 Å². The molecule has 0 saturated heterocycles. The fourth-order valence-electron chi connectivity index (χ4n) is 2.07. The van der Waals surface area contributed by atoms with Gasteiger partial charge in [-0.1, -0.05) is 26.0 Å². The van der Waals surface area contributed by atoms with Crippen LogP contribution in [0.3, 0.4) is 0 Å². The highest BCUT2D eigenvalue weighted by molar-refractivity contribution is 5.28. The molecule has 3 N–H and O–H groups in total. The minimum atomic E-state index is -0.481. The van der Waals surface area contributed by atoms with Crippen LogP contribution in [-0.2, 0) is 6.54 Å². The van der Waals surface area contributed by atoms with Crippen LogP contribution in [0.1, 0.15) is 19.4 Å². The van der Waals surface area contributed by atoms with Gasteiger partial charge >= 0.3 is 0 Å². The number of nitrogens with zero attached hydrogens (tertiary/aromatic N) is 1. The van der Waals surface area contributed by atoms with Crippen molar-refractivity contribution in [3.8, 4) is 5.75 Å². The molecule has 0 heterocycles. The fourth-order valence-corrected chi connectivity index (χ4v) is 2.07. The van der Waals surface area contributed by atoms with E-state index in [1.807, 2.05) is 31.3 Å². The van der Waals surface area contributed by atoms with Crippen LogP contribution < -0.4 is 10.5 Å². The Morgan fingerprint density at radius 1 is 1.32 bits per heavy atom. The van der Waals surface area contributed by atoms with Gasteiger partial charge in [0.1, 0.15) is 18.5 Å². The largest absolute Gasteiger partial charge is 0.491 e. The van der Waals surface area contributed by atoms with E-state index in [1.54, 1.807) is 0 Å². The van der Waals surface area contributed by atoms with Crippen LogP contribution in [0.5, 0.6) is 5.75 Å². The summed E-state index contributed by atoms with van der Waals surface area (Å²) in [7, 11) is 2.01. The summed E-state index contributed by atoms with van der Waals surface area (Å²) >= 11 is 0. The lowest BCUT2D eigenvalue weighted by Gasteiger charge is -2.22. The average molecular weight is 266 g/mol. The number of aliphatic hydroxyl groups excluding tert-OH is 1. The predicted molar refractivity (Wildman–Crippen MR) is 78.2 cm³/mol. The predicted octanol–water partition coefficient (Wildman–Crippen LogP) is 1.47. The first-order valence-electron chi connectivity index (χ1n) is 6.79. The van der Waals surface area contributed by atoms with Gasteiger partial charge in [-0.25, -0.2) is 0 Å². The normalized spacial score (nSPS) is 13.0. The van der Waals surface area contributed by atoms with Crippen molar-refractivity contribution in [1.29, 1.82) is 0 Å². The lowest BCUT2D eigenvalue weighted by molar-refractivity contribution is 0.0732. The number of hydrogen-bond acceptors (Lipinski definition) is 4. The van der Waals surface area contributed by atoms with Crippen molar-refractivity contribution in [2.75, 3.05) is 26.7 Å². The Morgan fingerprint density at radius 2 is 2.05 bits per heavy atom. The summed E-state index contributed by atoms with van der Waals surface area (Å²) < 4.78 is 5.58. The highest BCUT2D eigenvalue weighted by Gasteiger charge is 2.10. The number of ether oxygens (including phenoxy) is 1. The maximum absolute atomic E-state index is 9.93. The van der Waals surface area contributed by atoms with E-state index in [0.29, 0.717) is 25.6 Å². The topological polar surface area (TPSA) is 58.7 Å². The van der Waals surface area contributed by atoms with Crippen molar-refractivity contribution in [3.05, 3.63) is 29.8 Å². The van der Waals surface area contributed by atoms with Gasteiger partial charge in [-0.3, -0.25) is 0 Å². The maximum atomic E-state index is 9.93. The highest BCUT2D eigenvalue weighted by atomic mass is 16.5. The van der Waals surface area contributed by atoms with E-state index in [0.717, 1.165) is 17.9 Å². The smallest absolute Gasteiger partial charge is 0.119 e. The zero-order valence-corrected chi connectivity index (χ0v) is 12.2. The summed E-state index contributed by atoms with van der Waals surface area (Å²) in [6, 6.07) is 7.66. The van der Waals surface area contributed by atoms with E-state index < -0.39 is 6.10 Å². The minimum Gasteiger partial charge on any atom is -0.491 e. The standard InChI is InChI=1S/C15H26N2O2/c1-12(2)9-17(3)10-14(18)11-19-15-6-4-5-13(7-15)8-16/h4-7,12,14,18H,8-11,16H2,1-3H3. The molecule has 0 spiro atoms. The quantitative estimate of drug-likeness (QED) is 0.748. The van der Waals surface area contributed by atoms with Crippen molar-refractivity contribution in [2.45, 2.75) is 26.5 Å². The number of likely N-dealkylation sites (N-methyl/N-ethyl adjacent to an activating group) is 1. The molecule has 1 unspecified atom stereocenters. The van der Waals surface area contributed by atoms with Crippen LogP contribution in [0, 0.1) is 5.92 Å². The van der Waals surface area contributed by atoms with E-state index in [4.69, 9.17) is 10.5 Å². The van der Waals surface area contributed by atoms with E-state index in [9.17, 15) is 5.11 Å². The van der Waals surface area contributed by atoms with Crippen LogP contribution in [0.25, 0.3) is 0 Å². The van der Waals surface area contributed by atoms with Gasteiger partial charge in [-0.05, 0) is 30.7 Å². The molecule has 1 atom stereocenters. The second-order valence-electron chi connectivity index (χ2n) is 5.43. The monoisotopic (exact) mass is 266 g/mol. The Balaban J connectivity index is 2.34. The Kier molecular flexibility index (Phi) is 6.84. The van der Waals surface area contributed by atoms with Crippen molar-refractivity contribution in [1.82, 2.24) is 4.90 Å². The summed E-state index contributed by atoms with van der Waals surface area (Å²) in [6.07, 6.45) is -0.481. The SMILES string of the molecule is CC(C)CN(C)CC(O)COc1cccc(CN)c1. The van der Waals surface area contributed by atoms with Gasteiger partial charge in [0, 0.05) is 19.6 Å². The molecule has 0 aliphatic heterocycles. The zero-order chi connectivity index (χ0) is 14.3. The van der Waals surface area contributed by atoms with Crippen molar-refractivity contribution < 1.29 is 9.84 Å². The number of benzene rings is 1.